The summed E-state index contributed by atoms with van der Waals surface area (Å²) in [6, 6.07) is 11.8. The summed E-state index contributed by atoms with van der Waals surface area (Å²) < 4.78 is 15.4. The van der Waals surface area contributed by atoms with E-state index in [0.29, 0.717) is 17.2 Å². The van der Waals surface area contributed by atoms with Gasteiger partial charge in [0.2, 0.25) is 0 Å². The van der Waals surface area contributed by atoms with Gasteiger partial charge in [-0.1, -0.05) is 12.1 Å². The molecule has 0 aliphatic rings. The van der Waals surface area contributed by atoms with Crippen LogP contribution in [0.4, 0.5) is 5.69 Å². The lowest BCUT2D eigenvalue weighted by molar-refractivity contribution is -0.136. The zero-order chi connectivity index (χ0) is 19.1. The molecule has 0 aromatic heterocycles. The predicted molar refractivity (Wildman–Crippen MR) is 97.7 cm³/mol. The standard InChI is InChI=1S/C19H22N2O5/c1-12(13-5-7-14(24-2)8-6-13)20-18(22)19(23)21-16-10-9-15(25-3)11-17(16)26-4/h5-12H,1-4H3,(H,20,22)(H,21,23). The second-order valence-electron chi connectivity index (χ2n) is 5.49. The summed E-state index contributed by atoms with van der Waals surface area (Å²) in [5.74, 6) is 0.169. The maximum absolute atomic E-state index is 12.2. The van der Waals surface area contributed by atoms with E-state index in [-0.39, 0.29) is 6.04 Å². The molecule has 1 atom stereocenters. The molecule has 0 saturated carbocycles. The monoisotopic (exact) mass is 358 g/mol. The first-order chi connectivity index (χ1) is 12.5. The first-order valence-electron chi connectivity index (χ1n) is 7.96. The second kappa shape index (κ2) is 8.75. The highest BCUT2D eigenvalue weighted by molar-refractivity contribution is 6.39. The molecule has 0 heterocycles. The van der Waals surface area contributed by atoms with E-state index >= 15 is 0 Å². The SMILES string of the molecule is COc1ccc(C(C)NC(=O)C(=O)Nc2ccc(OC)cc2OC)cc1. The van der Waals surface area contributed by atoms with Crippen molar-refractivity contribution in [1.29, 1.82) is 0 Å². The molecule has 0 aliphatic heterocycles. The Morgan fingerprint density at radius 3 is 2.04 bits per heavy atom. The highest BCUT2D eigenvalue weighted by atomic mass is 16.5. The van der Waals surface area contributed by atoms with Crippen LogP contribution in [0.2, 0.25) is 0 Å². The molecule has 1 unspecified atom stereocenters. The van der Waals surface area contributed by atoms with Gasteiger partial charge in [0.05, 0.1) is 33.1 Å². The van der Waals surface area contributed by atoms with Gasteiger partial charge in [-0.2, -0.15) is 0 Å². The Morgan fingerprint density at radius 2 is 1.46 bits per heavy atom. The molecular formula is C19H22N2O5. The minimum absolute atomic E-state index is 0.336. The molecule has 2 N–H and O–H groups in total. The van der Waals surface area contributed by atoms with Gasteiger partial charge >= 0.3 is 11.8 Å². The molecule has 2 amide bonds. The van der Waals surface area contributed by atoms with Crippen LogP contribution < -0.4 is 24.8 Å². The Balaban J connectivity index is 2.01. The number of carbonyl (C=O) groups is 2. The number of rotatable bonds is 6. The fourth-order valence-corrected chi connectivity index (χ4v) is 2.32. The quantitative estimate of drug-likeness (QED) is 0.775. The van der Waals surface area contributed by atoms with Crippen molar-refractivity contribution < 1.29 is 23.8 Å². The summed E-state index contributed by atoms with van der Waals surface area (Å²) in [6.07, 6.45) is 0. The van der Waals surface area contributed by atoms with E-state index in [1.54, 1.807) is 44.4 Å². The third-order valence-corrected chi connectivity index (χ3v) is 3.83. The van der Waals surface area contributed by atoms with Crippen LogP contribution in [-0.2, 0) is 9.59 Å². The number of anilines is 1. The number of carbonyl (C=O) groups excluding carboxylic acids is 2. The normalized spacial score (nSPS) is 11.2. The first kappa shape index (κ1) is 19.1. The van der Waals surface area contributed by atoms with E-state index in [4.69, 9.17) is 14.2 Å². The predicted octanol–water partition coefficient (Wildman–Crippen LogP) is 2.53. The summed E-state index contributed by atoms with van der Waals surface area (Å²) in [6.45, 7) is 1.79. The van der Waals surface area contributed by atoms with Gasteiger partial charge < -0.3 is 24.8 Å². The number of methoxy groups -OCH3 is 3. The van der Waals surface area contributed by atoms with Gasteiger partial charge in [-0.25, -0.2) is 0 Å². The molecule has 0 spiro atoms. The molecule has 0 radical (unpaired) electrons. The fourth-order valence-electron chi connectivity index (χ4n) is 2.32. The third-order valence-electron chi connectivity index (χ3n) is 3.83. The first-order valence-corrected chi connectivity index (χ1v) is 7.96. The number of ether oxygens (including phenoxy) is 3. The average Bonchev–Trinajstić information content (AvgIpc) is 2.68. The maximum Gasteiger partial charge on any atom is 0.313 e. The van der Waals surface area contributed by atoms with Crippen molar-refractivity contribution >= 4 is 17.5 Å². The van der Waals surface area contributed by atoms with Crippen molar-refractivity contribution in [2.45, 2.75) is 13.0 Å². The van der Waals surface area contributed by atoms with Gasteiger partial charge in [0.25, 0.3) is 0 Å². The Kier molecular flexibility index (Phi) is 6.43. The Labute approximate surface area is 152 Å². The maximum atomic E-state index is 12.2. The lowest BCUT2D eigenvalue weighted by Gasteiger charge is -2.15. The summed E-state index contributed by atoms with van der Waals surface area (Å²) in [4.78, 5) is 24.3. The number of amides is 2. The molecular weight excluding hydrogens is 336 g/mol. The summed E-state index contributed by atoms with van der Waals surface area (Å²) in [5.41, 5.74) is 1.24. The van der Waals surface area contributed by atoms with Crippen molar-refractivity contribution in [3.05, 3.63) is 48.0 Å². The lowest BCUT2D eigenvalue weighted by atomic mass is 10.1. The molecule has 138 valence electrons. The number of nitrogens with one attached hydrogen (secondary N) is 2. The van der Waals surface area contributed by atoms with Crippen molar-refractivity contribution in [3.63, 3.8) is 0 Å². The summed E-state index contributed by atoms with van der Waals surface area (Å²) in [7, 11) is 4.58. The van der Waals surface area contributed by atoms with E-state index in [9.17, 15) is 9.59 Å². The highest BCUT2D eigenvalue weighted by Crippen LogP contribution is 2.29. The zero-order valence-electron chi connectivity index (χ0n) is 15.2. The molecule has 7 heteroatoms. The summed E-state index contributed by atoms with van der Waals surface area (Å²) >= 11 is 0. The number of benzene rings is 2. The fraction of sp³-hybridized carbons (Fsp3) is 0.263. The minimum atomic E-state index is -0.783. The number of hydrogen-bond acceptors (Lipinski definition) is 5. The highest BCUT2D eigenvalue weighted by Gasteiger charge is 2.19. The Bertz CT molecular complexity index is 774. The molecule has 0 aliphatic carbocycles. The van der Waals surface area contributed by atoms with Crippen LogP contribution in [0, 0.1) is 0 Å². The Morgan fingerprint density at radius 1 is 0.846 bits per heavy atom. The second-order valence-corrected chi connectivity index (χ2v) is 5.49. The lowest BCUT2D eigenvalue weighted by Crippen LogP contribution is -2.37. The van der Waals surface area contributed by atoms with Crippen molar-refractivity contribution in [2.75, 3.05) is 26.6 Å². The van der Waals surface area contributed by atoms with Crippen molar-refractivity contribution in [3.8, 4) is 17.2 Å². The average molecular weight is 358 g/mol. The van der Waals surface area contributed by atoms with Crippen LogP contribution >= 0.6 is 0 Å². The molecule has 2 rings (SSSR count). The van der Waals surface area contributed by atoms with E-state index < -0.39 is 11.8 Å². The van der Waals surface area contributed by atoms with Gasteiger partial charge in [0.15, 0.2) is 0 Å². The number of hydrogen-bond donors (Lipinski definition) is 2. The van der Waals surface area contributed by atoms with Crippen LogP contribution in [0.5, 0.6) is 17.2 Å². The topological polar surface area (TPSA) is 85.9 Å². The molecule has 7 nitrogen and oxygen atoms in total. The zero-order valence-corrected chi connectivity index (χ0v) is 15.2. The van der Waals surface area contributed by atoms with Crippen molar-refractivity contribution in [1.82, 2.24) is 5.32 Å². The minimum Gasteiger partial charge on any atom is -0.497 e. The molecule has 2 aromatic carbocycles. The molecule has 0 bridgehead atoms. The van der Waals surface area contributed by atoms with Gasteiger partial charge in [-0.05, 0) is 36.8 Å². The van der Waals surface area contributed by atoms with Crippen LogP contribution in [0.1, 0.15) is 18.5 Å². The van der Waals surface area contributed by atoms with Crippen LogP contribution in [0.15, 0.2) is 42.5 Å². The van der Waals surface area contributed by atoms with Crippen LogP contribution in [0.3, 0.4) is 0 Å². The largest absolute Gasteiger partial charge is 0.497 e. The van der Waals surface area contributed by atoms with Gasteiger partial charge in [-0.3, -0.25) is 9.59 Å². The van der Waals surface area contributed by atoms with Gasteiger partial charge in [0.1, 0.15) is 17.2 Å². The van der Waals surface area contributed by atoms with Crippen molar-refractivity contribution in [2.24, 2.45) is 0 Å². The van der Waals surface area contributed by atoms with E-state index in [1.165, 1.54) is 14.2 Å². The van der Waals surface area contributed by atoms with E-state index in [1.807, 2.05) is 12.1 Å². The third kappa shape index (κ3) is 4.66. The molecule has 2 aromatic rings. The van der Waals surface area contributed by atoms with E-state index in [0.717, 1.165) is 11.3 Å². The van der Waals surface area contributed by atoms with E-state index in [2.05, 4.69) is 10.6 Å². The molecule has 26 heavy (non-hydrogen) atoms. The van der Waals surface area contributed by atoms with Crippen LogP contribution in [0.25, 0.3) is 0 Å². The summed E-state index contributed by atoms with van der Waals surface area (Å²) in [5, 5.41) is 5.19. The molecule has 0 fully saturated rings. The van der Waals surface area contributed by atoms with Gasteiger partial charge in [-0.15, -0.1) is 0 Å². The van der Waals surface area contributed by atoms with Gasteiger partial charge in [0, 0.05) is 6.07 Å². The van der Waals surface area contributed by atoms with Crippen LogP contribution in [-0.4, -0.2) is 33.1 Å². The smallest absolute Gasteiger partial charge is 0.313 e. The Hall–Kier alpha value is -3.22. The molecule has 0 saturated heterocycles.